The third-order valence-corrected chi connectivity index (χ3v) is 5.12. The van der Waals surface area contributed by atoms with Gasteiger partial charge in [0.15, 0.2) is 5.03 Å². The molecule has 2 aromatic rings. The molecule has 2 heterocycles. The lowest BCUT2D eigenvalue weighted by molar-refractivity contribution is 0.580. The average molecular weight is 278 g/mol. The zero-order valence-corrected chi connectivity index (χ0v) is 10.8. The van der Waals surface area contributed by atoms with E-state index in [9.17, 15) is 18.0 Å². The maximum atomic E-state index is 12.4. The number of aromatic amines is 1. The molecule has 1 N–H and O–H groups in total. The predicted octanol–water partition coefficient (Wildman–Crippen LogP) is -0.189. The van der Waals surface area contributed by atoms with Crippen molar-refractivity contribution in [2.24, 2.45) is 7.05 Å². The van der Waals surface area contributed by atoms with E-state index in [0.29, 0.717) is 5.56 Å². The van der Waals surface area contributed by atoms with Crippen LogP contribution in [0.2, 0.25) is 0 Å². The Bertz CT molecular complexity index is 906. The molecule has 1 aliphatic rings. The van der Waals surface area contributed by atoms with Crippen LogP contribution in [0.4, 0.5) is 0 Å². The molecule has 0 amide bonds. The third-order valence-electron chi connectivity index (χ3n) is 3.26. The first-order valence-electron chi connectivity index (χ1n) is 5.58. The summed E-state index contributed by atoms with van der Waals surface area (Å²) < 4.78 is 25.7. The Balaban J connectivity index is 2.48. The highest BCUT2D eigenvalue weighted by Crippen LogP contribution is 2.30. The molecule has 3 rings (SSSR count). The Labute approximate surface area is 108 Å². The van der Waals surface area contributed by atoms with Crippen molar-refractivity contribution in [3.8, 4) is 0 Å². The first-order valence-corrected chi connectivity index (χ1v) is 7.06. The number of H-pyrrole nitrogens is 1. The summed E-state index contributed by atoms with van der Waals surface area (Å²) in [5.74, 6) is 0. The molecular formula is C12H10N2O4S. The molecule has 1 aromatic heterocycles. The van der Waals surface area contributed by atoms with Crippen LogP contribution in [-0.4, -0.2) is 18.0 Å². The number of nitrogens with one attached hydrogen (secondary N) is 1. The summed E-state index contributed by atoms with van der Waals surface area (Å²) >= 11 is 0. The van der Waals surface area contributed by atoms with Crippen LogP contribution < -0.4 is 11.2 Å². The van der Waals surface area contributed by atoms with Crippen LogP contribution in [0.1, 0.15) is 11.1 Å². The minimum absolute atomic E-state index is 0.112. The molecule has 0 atom stereocenters. The van der Waals surface area contributed by atoms with Crippen LogP contribution in [0.25, 0.3) is 0 Å². The Hall–Kier alpha value is -2.15. The van der Waals surface area contributed by atoms with Crippen molar-refractivity contribution < 1.29 is 8.42 Å². The maximum Gasteiger partial charge on any atom is 0.329 e. The van der Waals surface area contributed by atoms with Gasteiger partial charge in [-0.15, -0.1) is 0 Å². The van der Waals surface area contributed by atoms with Gasteiger partial charge in [-0.2, -0.15) is 0 Å². The van der Waals surface area contributed by atoms with E-state index in [-0.39, 0.29) is 21.9 Å². The Morgan fingerprint density at radius 1 is 1.21 bits per heavy atom. The molecule has 1 aliphatic heterocycles. The van der Waals surface area contributed by atoms with Crippen LogP contribution in [-0.2, 0) is 23.3 Å². The van der Waals surface area contributed by atoms with Crippen molar-refractivity contribution in [2.45, 2.75) is 16.3 Å². The van der Waals surface area contributed by atoms with Gasteiger partial charge in [-0.25, -0.2) is 13.2 Å². The van der Waals surface area contributed by atoms with Gasteiger partial charge < -0.3 is 0 Å². The van der Waals surface area contributed by atoms with Crippen LogP contribution in [0, 0.1) is 0 Å². The average Bonchev–Trinajstić information content (AvgIpc) is 2.38. The van der Waals surface area contributed by atoms with Crippen molar-refractivity contribution in [1.29, 1.82) is 0 Å². The van der Waals surface area contributed by atoms with E-state index in [2.05, 4.69) is 4.98 Å². The van der Waals surface area contributed by atoms with Crippen molar-refractivity contribution in [3.05, 3.63) is 56.2 Å². The van der Waals surface area contributed by atoms with Gasteiger partial charge in [0.1, 0.15) is 0 Å². The fourth-order valence-electron chi connectivity index (χ4n) is 2.25. The van der Waals surface area contributed by atoms with Crippen molar-refractivity contribution in [1.82, 2.24) is 9.55 Å². The summed E-state index contributed by atoms with van der Waals surface area (Å²) in [6, 6.07) is 6.47. The fourth-order valence-corrected chi connectivity index (χ4v) is 3.91. The second-order valence-electron chi connectivity index (χ2n) is 4.39. The largest absolute Gasteiger partial charge is 0.329 e. The van der Waals surface area contributed by atoms with Crippen molar-refractivity contribution >= 4 is 9.84 Å². The number of aromatic nitrogens is 2. The molecule has 0 spiro atoms. The Morgan fingerprint density at radius 3 is 2.63 bits per heavy atom. The number of rotatable bonds is 0. The molecule has 0 bridgehead atoms. The van der Waals surface area contributed by atoms with E-state index >= 15 is 0 Å². The minimum atomic E-state index is -3.83. The van der Waals surface area contributed by atoms with Gasteiger partial charge in [-0.05, 0) is 11.6 Å². The second-order valence-corrected chi connectivity index (χ2v) is 6.24. The molecule has 0 saturated carbocycles. The predicted molar refractivity (Wildman–Crippen MR) is 67.0 cm³/mol. The molecule has 19 heavy (non-hydrogen) atoms. The van der Waals surface area contributed by atoms with Gasteiger partial charge in [0.25, 0.3) is 5.56 Å². The first-order chi connectivity index (χ1) is 8.93. The molecule has 0 fully saturated rings. The fraction of sp³-hybridized carbons (Fsp3) is 0.167. The van der Waals surface area contributed by atoms with Gasteiger partial charge >= 0.3 is 5.69 Å². The van der Waals surface area contributed by atoms with E-state index in [0.717, 1.165) is 4.57 Å². The lowest BCUT2D eigenvalue weighted by atomic mass is 10.1. The van der Waals surface area contributed by atoms with Crippen LogP contribution >= 0.6 is 0 Å². The summed E-state index contributed by atoms with van der Waals surface area (Å²) in [5.41, 5.74) is -0.622. The molecule has 7 heteroatoms. The maximum absolute atomic E-state index is 12.4. The van der Waals surface area contributed by atoms with E-state index < -0.39 is 21.1 Å². The minimum Gasteiger partial charge on any atom is -0.297 e. The quantitative estimate of drug-likeness (QED) is 0.577. The second kappa shape index (κ2) is 3.67. The summed E-state index contributed by atoms with van der Waals surface area (Å²) in [4.78, 5) is 26.0. The number of benzene rings is 1. The van der Waals surface area contributed by atoms with Crippen LogP contribution in [0.15, 0.2) is 43.8 Å². The molecule has 6 nitrogen and oxygen atoms in total. The van der Waals surface area contributed by atoms with E-state index in [1.165, 1.54) is 13.1 Å². The molecule has 98 valence electrons. The van der Waals surface area contributed by atoms with Crippen LogP contribution in [0.3, 0.4) is 0 Å². The highest BCUT2D eigenvalue weighted by Gasteiger charge is 2.32. The van der Waals surface area contributed by atoms with Gasteiger partial charge in [0.05, 0.1) is 10.5 Å². The molecule has 0 radical (unpaired) electrons. The lowest BCUT2D eigenvalue weighted by Crippen LogP contribution is -2.38. The van der Waals surface area contributed by atoms with E-state index in [1.54, 1.807) is 18.2 Å². The molecule has 0 aliphatic carbocycles. The lowest BCUT2D eigenvalue weighted by Gasteiger charge is -2.18. The van der Waals surface area contributed by atoms with Gasteiger partial charge in [0, 0.05) is 13.5 Å². The Kier molecular flexibility index (Phi) is 2.30. The van der Waals surface area contributed by atoms with E-state index in [4.69, 9.17) is 0 Å². The van der Waals surface area contributed by atoms with Crippen molar-refractivity contribution in [2.75, 3.05) is 0 Å². The summed E-state index contributed by atoms with van der Waals surface area (Å²) in [6.45, 7) is 0. The summed E-state index contributed by atoms with van der Waals surface area (Å²) in [5, 5.41) is -0.278. The zero-order chi connectivity index (χ0) is 13.8. The monoisotopic (exact) mass is 278 g/mol. The van der Waals surface area contributed by atoms with Gasteiger partial charge in [-0.3, -0.25) is 14.3 Å². The number of fused-ring (bicyclic) bond motifs is 2. The van der Waals surface area contributed by atoms with Gasteiger partial charge in [0.2, 0.25) is 9.84 Å². The summed E-state index contributed by atoms with van der Waals surface area (Å²) in [7, 11) is -2.52. The van der Waals surface area contributed by atoms with Crippen LogP contribution in [0.5, 0.6) is 0 Å². The molecular weight excluding hydrogens is 268 g/mol. The smallest absolute Gasteiger partial charge is 0.297 e. The number of nitrogens with zero attached hydrogens (tertiary/aromatic N) is 1. The Morgan fingerprint density at radius 2 is 1.89 bits per heavy atom. The molecule has 0 unspecified atom stereocenters. The topological polar surface area (TPSA) is 89.0 Å². The number of hydrogen-bond acceptors (Lipinski definition) is 4. The number of sulfone groups is 1. The number of hydrogen-bond donors (Lipinski definition) is 1. The molecule has 0 saturated heterocycles. The SMILES string of the molecule is Cn1c(=O)[nH]c2c(c1=O)Cc1ccccc1S2(=O)=O. The standard InChI is InChI=1S/C12H10N2O4S/c1-14-11(15)8-6-7-4-2-3-5-9(7)19(17,18)10(8)13-12(14)16/h2-5H,6H2,1H3,(H,13,16). The highest BCUT2D eigenvalue weighted by molar-refractivity contribution is 7.91. The first kappa shape index (κ1) is 11.9. The summed E-state index contributed by atoms with van der Waals surface area (Å²) in [6.07, 6.45) is 0.203. The molecule has 1 aromatic carbocycles. The zero-order valence-electron chi connectivity index (χ0n) is 10.0. The normalized spacial score (nSPS) is 15.6. The van der Waals surface area contributed by atoms with Gasteiger partial charge in [-0.1, -0.05) is 18.2 Å². The van der Waals surface area contributed by atoms with Crippen molar-refractivity contribution in [3.63, 3.8) is 0 Å². The highest BCUT2D eigenvalue weighted by atomic mass is 32.2. The third kappa shape index (κ3) is 1.51. The van der Waals surface area contributed by atoms with E-state index in [1.807, 2.05) is 0 Å².